The summed E-state index contributed by atoms with van der Waals surface area (Å²) < 4.78 is 40.6. The fraction of sp³-hybridized carbons (Fsp3) is 0.158. The van der Waals surface area contributed by atoms with Crippen molar-refractivity contribution in [1.29, 1.82) is 0 Å². The molecule has 0 aliphatic carbocycles. The normalized spacial score (nSPS) is 12.6. The molecule has 27 heavy (non-hydrogen) atoms. The number of nitrogens with zero attached hydrogens (tertiary/aromatic N) is 1. The van der Waals surface area contributed by atoms with E-state index >= 15 is 0 Å². The monoisotopic (exact) mass is 391 g/mol. The molecule has 0 bridgehead atoms. The number of halogens is 3. The van der Waals surface area contributed by atoms with E-state index in [1.165, 1.54) is 12.3 Å². The second-order valence-electron chi connectivity index (χ2n) is 5.97. The number of hydrogen-bond acceptors (Lipinski definition) is 2. The third kappa shape index (κ3) is 4.11. The second-order valence-corrected chi connectivity index (χ2v) is 6.36. The number of carbonyl (C=O) groups is 1. The van der Waals surface area contributed by atoms with E-state index in [1.807, 2.05) is 18.2 Å². The Bertz CT molecular complexity index is 1010. The summed E-state index contributed by atoms with van der Waals surface area (Å²) in [4.78, 5) is 15.5. The van der Waals surface area contributed by atoms with Crippen LogP contribution in [-0.2, 0) is 6.18 Å². The molecule has 1 heterocycles. The van der Waals surface area contributed by atoms with Crippen LogP contribution in [0.15, 0.2) is 60.8 Å². The first-order chi connectivity index (χ1) is 12.8. The maximum atomic E-state index is 12.9. The maximum absolute atomic E-state index is 12.9. The van der Waals surface area contributed by atoms with Crippen LogP contribution < -0.4 is 5.32 Å². The van der Waals surface area contributed by atoms with Gasteiger partial charge in [-0.1, -0.05) is 30.3 Å². The first kappa shape index (κ1) is 18.9. The average molecular weight is 391 g/mol. The molecule has 4 nitrogen and oxygen atoms in total. The Kier molecular flexibility index (Phi) is 5.18. The zero-order chi connectivity index (χ0) is 19.6. The van der Waals surface area contributed by atoms with Crippen LogP contribution in [0.2, 0.25) is 0 Å². The standard InChI is InChI=1S/C19H16F3N3OS/c1-12(13-6-5-7-14(10-13)19(20,21)22)24-17(26)16-11-23-18(27)25(16)15-8-3-2-4-9-15/h2-12H,1H3,(H,23,27)(H,24,26). The number of para-hydroxylation sites is 1. The van der Waals surface area contributed by atoms with Crippen molar-refractivity contribution in [3.8, 4) is 5.69 Å². The van der Waals surface area contributed by atoms with Crippen molar-refractivity contribution in [2.75, 3.05) is 0 Å². The van der Waals surface area contributed by atoms with Gasteiger partial charge >= 0.3 is 6.18 Å². The summed E-state index contributed by atoms with van der Waals surface area (Å²) in [5, 5.41) is 2.72. The molecule has 140 valence electrons. The van der Waals surface area contributed by atoms with Crippen LogP contribution in [0.25, 0.3) is 5.69 Å². The van der Waals surface area contributed by atoms with Gasteiger partial charge in [-0.2, -0.15) is 13.2 Å². The van der Waals surface area contributed by atoms with E-state index in [0.717, 1.165) is 12.1 Å². The van der Waals surface area contributed by atoms with Crippen molar-refractivity contribution >= 4 is 18.1 Å². The lowest BCUT2D eigenvalue weighted by molar-refractivity contribution is -0.137. The average Bonchev–Trinajstić information content (AvgIpc) is 3.03. The predicted octanol–water partition coefficient (Wildman–Crippen LogP) is 5.04. The molecule has 8 heteroatoms. The third-order valence-corrected chi connectivity index (χ3v) is 4.39. The minimum absolute atomic E-state index is 0.269. The van der Waals surface area contributed by atoms with Crippen LogP contribution in [-0.4, -0.2) is 15.5 Å². The zero-order valence-corrected chi connectivity index (χ0v) is 15.1. The highest BCUT2D eigenvalue weighted by Crippen LogP contribution is 2.30. The van der Waals surface area contributed by atoms with E-state index in [4.69, 9.17) is 12.2 Å². The van der Waals surface area contributed by atoms with Gasteiger partial charge in [-0.3, -0.25) is 9.36 Å². The van der Waals surface area contributed by atoms with Crippen LogP contribution in [0.3, 0.4) is 0 Å². The number of aromatic nitrogens is 2. The van der Waals surface area contributed by atoms with Crippen LogP contribution in [0.1, 0.15) is 34.6 Å². The van der Waals surface area contributed by atoms with Crippen molar-refractivity contribution in [1.82, 2.24) is 14.9 Å². The molecule has 0 saturated carbocycles. The molecule has 0 aliphatic rings. The summed E-state index contributed by atoms with van der Waals surface area (Å²) in [6, 6.07) is 13.4. The highest BCUT2D eigenvalue weighted by Gasteiger charge is 2.30. The van der Waals surface area contributed by atoms with E-state index in [-0.39, 0.29) is 5.69 Å². The van der Waals surface area contributed by atoms with E-state index in [9.17, 15) is 18.0 Å². The fourth-order valence-corrected chi connectivity index (χ4v) is 2.97. The first-order valence-electron chi connectivity index (χ1n) is 8.11. The van der Waals surface area contributed by atoms with Gasteiger partial charge < -0.3 is 10.3 Å². The van der Waals surface area contributed by atoms with E-state index in [2.05, 4.69) is 10.3 Å². The van der Waals surface area contributed by atoms with Gasteiger partial charge in [0.05, 0.1) is 11.6 Å². The zero-order valence-electron chi connectivity index (χ0n) is 14.2. The molecule has 1 unspecified atom stereocenters. The molecule has 0 spiro atoms. The van der Waals surface area contributed by atoms with Gasteiger partial charge in [0.1, 0.15) is 5.69 Å². The lowest BCUT2D eigenvalue weighted by atomic mass is 10.0. The highest BCUT2D eigenvalue weighted by molar-refractivity contribution is 7.71. The lowest BCUT2D eigenvalue weighted by Gasteiger charge is -2.17. The number of H-pyrrole nitrogens is 1. The number of carbonyl (C=O) groups excluding carboxylic acids is 1. The Morgan fingerprint density at radius 1 is 1.15 bits per heavy atom. The van der Waals surface area contributed by atoms with Gasteiger partial charge in [0.2, 0.25) is 0 Å². The topological polar surface area (TPSA) is 49.8 Å². The van der Waals surface area contributed by atoms with Gasteiger partial charge in [0.25, 0.3) is 5.91 Å². The molecule has 1 aromatic heterocycles. The summed E-state index contributed by atoms with van der Waals surface area (Å²) in [7, 11) is 0. The van der Waals surface area contributed by atoms with E-state index < -0.39 is 23.7 Å². The predicted molar refractivity (Wildman–Crippen MR) is 98.3 cm³/mol. The van der Waals surface area contributed by atoms with Crippen LogP contribution in [0, 0.1) is 4.77 Å². The molecule has 3 aromatic rings. The molecular formula is C19H16F3N3OS. The Morgan fingerprint density at radius 2 is 1.85 bits per heavy atom. The third-order valence-electron chi connectivity index (χ3n) is 4.08. The number of amides is 1. The van der Waals surface area contributed by atoms with Crippen LogP contribution >= 0.6 is 12.2 Å². The van der Waals surface area contributed by atoms with Crippen molar-refractivity contribution in [3.05, 3.63) is 82.4 Å². The fourth-order valence-electron chi connectivity index (χ4n) is 2.71. The van der Waals surface area contributed by atoms with E-state index in [1.54, 1.807) is 29.7 Å². The second kappa shape index (κ2) is 7.40. The van der Waals surface area contributed by atoms with Crippen LogP contribution in [0.5, 0.6) is 0 Å². The molecule has 2 N–H and O–H groups in total. The minimum atomic E-state index is -4.44. The molecule has 0 saturated heterocycles. The van der Waals surface area contributed by atoms with Crippen molar-refractivity contribution in [3.63, 3.8) is 0 Å². The summed E-state index contributed by atoms with van der Waals surface area (Å²) in [6.07, 6.45) is -2.96. The number of nitrogens with one attached hydrogen (secondary N) is 2. The molecule has 0 aliphatic heterocycles. The Morgan fingerprint density at radius 3 is 2.52 bits per heavy atom. The smallest absolute Gasteiger partial charge is 0.344 e. The molecule has 1 amide bonds. The number of hydrogen-bond donors (Lipinski definition) is 2. The molecule has 0 fully saturated rings. The summed E-state index contributed by atoms with van der Waals surface area (Å²) in [5.41, 5.74) is 0.583. The number of aromatic amines is 1. The van der Waals surface area contributed by atoms with Gasteiger partial charge in [-0.15, -0.1) is 0 Å². The molecule has 3 rings (SSSR count). The molecule has 1 atom stereocenters. The van der Waals surface area contributed by atoms with Gasteiger partial charge in [-0.05, 0) is 49.0 Å². The maximum Gasteiger partial charge on any atom is 0.416 e. The first-order valence-corrected chi connectivity index (χ1v) is 8.52. The summed E-state index contributed by atoms with van der Waals surface area (Å²) in [6.45, 7) is 1.63. The number of alkyl halides is 3. The number of imidazole rings is 1. The number of benzene rings is 2. The van der Waals surface area contributed by atoms with E-state index in [0.29, 0.717) is 16.0 Å². The van der Waals surface area contributed by atoms with Crippen molar-refractivity contribution < 1.29 is 18.0 Å². The Labute approximate surface area is 158 Å². The van der Waals surface area contributed by atoms with Gasteiger partial charge in [-0.25, -0.2) is 0 Å². The summed E-state index contributed by atoms with van der Waals surface area (Å²) >= 11 is 5.24. The molecule has 0 radical (unpaired) electrons. The van der Waals surface area contributed by atoms with Gasteiger partial charge in [0.15, 0.2) is 4.77 Å². The minimum Gasteiger partial charge on any atom is -0.344 e. The van der Waals surface area contributed by atoms with Crippen molar-refractivity contribution in [2.24, 2.45) is 0 Å². The largest absolute Gasteiger partial charge is 0.416 e. The Balaban J connectivity index is 1.86. The van der Waals surface area contributed by atoms with Crippen molar-refractivity contribution in [2.45, 2.75) is 19.1 Å². The SMILES string of the molecule is CC(NC(=O)c1c[nH]c(=S)n1-c1ccccc1)c1cccc(C(F)(F)F)c1. The Hall–Kier alpha value is -2.87. The quantitative estimate of drug-likeness (QED) is 0.612. The number of rotatable bonds is 4. The van der Waals surface area contributed by atoms with Gasteiger partial charge in [0, 0.05) is 11.9 Å². The van der Waals surface area contributed by atoms with Crippen LogP contribution in [0.4, 0.5) is 13.2 Å². The summed E-state index contributed by atoms with van der Waals surface area (Å²) in [5.74, 6) is -0.448. The molecular weight excluding hydrogens is 375 g/mol. The lowest BCUT2D eigenvalue weighted by Crippen LogP contribution is -2.28. The molecule has 2 aromatic carbocycles. The highest BCUT2D eigenvalue weighted by atomic mass is 32.1.